The largest absolute Gasteiger partial charge is 0.487 e. The van der Waals surface area contributed by atoms with Crippen molar-refractivity contribution in [2.45, 2.75) is 27.7 Å². The maximum absolute atomic E-state index is 9.60. The number of hydrogen-bond acceptors (Lipinski definition) is 4. The normalized spacial score (nSPS) is 8.00. The van der Waals surface area contributed by atoms with E-state index in [1.165, 1.54) is 6.92 Å². The van der Waals surface area contributed by atoms with Crippen molar-refractivity contribution >= 4 is 40.8 Å². The summed E-state index contributed by atoms with van der Waals surface area (Å²) in [5.74, 6) is -0.935. The Morgan fingerprint density at radius 3 is 1.70 bits per heavy atom. The van der Waals surface area contributed by atoms with Crippen LogP contribution < -0.4 is 5.73 Å². The number of thiocarbonyl (C=S) groups is 2. The Kier molecular flexibility index (Phi) is 18.5. The molecule has 0 aliphatic heterocycles. The lowest BCUT2D eigenvalue weighted by atomic mass is 10.4. The molecule has 6 nitrogen and oxygen atoms in total. The second kappa shape index (κ2) is 15.6. The Morgan fingerprint density at radius 1 is 1.25 bits per heavy atom. The summed E-state index contributed by atoms with van der Waals surface area (Å²) in [4.78, 5) is 11.6. The molecule has 0 aliphatic rings. The van der Waals surface area contributed by atoms with Gasteiger partial charge in [0.15, 0.2) is 0 Å². The summed E-state index contributed by atoms with van der Waals surface area (Å²) in [6.45, 7) is 13.2. The van der Waals surface area contributed by atoms with Gasteiger partial charge in [-0.2, -0.15) is 0 Å². The third-order valence-electron chi connectivity index (χ3n) is 1.65. The number of aliphatic hydroxyl groups is 1. The zero-order valence-electron chi connectivity index (χ0n) is 12.4. The van der Waals surface area contributed by atoms with Gasteiger partial charge in [-0.15, -0.1) is 0 Å². The fraction of sp³-hybridized carbons (Fsp3) is 0.583. The molecule has 0 radical (unpaired) electrons. The highest BCUT2D eigenvalue weighted by Crippen LogP contribution is 1.92. The summed E-state index contributed by atoms with van der Waals surface area (Å²) in [5, 5.41) is 15.6. The van der Waals surface area contributed by atoms with Crippen LogP contribution in [0.2, 0.25) is 0 Å². The van der Waals surface area contributed by atoms with Crippen molar-refractivity contribution in [1.82, 2.24) is 4.90 Å². The number of hydrogen-bond donors (Lipinski definition) is 3. The number of nitrogens with two attached hydrogens (primary N) is 1. The predicted octanol–water partition coefficient (Wildman–Crippen LogP) is 2.08. The van der Waals surface area contributed by atoms with Crippen molar-refractivity contribution in [2.24, 2.45) is 5.73 Å². The molecule has 0 unspecified atom stereocenters. The molecule has 0 aromatic carbocycles. The smallest absolute Gasteiger partial charge is 0.330 e. The summed E-state index contributed by atoms with van der Waals surface area (Å²) in [6, 6.07) is 0. The van der Waals surface area contributed by atoms with E-state index in [0.29, 0.717) is 11.8 Å². The number of rotatable bonds is 4. The molecule has 118 valence electrons. The van der Waals surface area contributed by atoms with Gasteiger partial charge < -0.3 is 25.6 Å². The maximum atomic E-state index is 9.60. The highest BCUT2D eigenvalue weighted by atomic mass is 32.1. The fourth-order valence-corrected chi connectivity index (χ4v) is 1.07. The van der Waals surface area contributed by atoms with Crippen LogP contribution >= 0.6 is 24.4 Å². The number of nitrogens with zero attached hydrogens (tertiary/aromatic N) is 1. The van der Waals surface area contributed by atoms with E-state index in [0.717, 1.165) is 13.1 Å². The Balaban J connectivity index is -0.000000246. The summed E-state index contributed by atoms with van der Waals surface area (Å²) in [7, 11) is 0. The first-order chi connectivity index (χ1) is 9.13. The minimum Gasteiger partial charge on any atom is -0.487 e. The first kappa shape index (κ1) is 23.7. The zero-order chi connectivity index (χ0) is 16.7. The average molecular weight is 324 g/mol. The molecule has 0 saturated heterocycles. The van der Waals surface area contributed by atoms with Crippen molar-refractivity contribution in [1.29, 1.82) is 0 Å². The van der Waals surface area contributed by atoms with E-state index < -0.39 is 11.1 Å². The number of aliphatic hydroxyl groups excluding tert-OH is 1. The Bertz CT molecular complexity index is 303. The van der Waals surface area contributed by atoms with Crippen molar-refractivity contribution < 1.29 is 19.7 Å². The molecule has 0 atom stereocenters. The van der Waals surface area contributed by atoms with Crippen molar-refractivity contribution in [3.63, 3.8) is 0 Å². The second-order valence-corrected chi connectivity index (χ2v) is 4.06. The molecule has 0 spiro atoms. The molecule has 4 N–H and O–H groups in total. The standard InChI is InChI=1S/C7H15NOS.C4H6O2.CH3NOS/c1-4-8(5-2)7(10)9-6-3;1-3(2)4(5)6;2-1(3)4/h4-6H2,1-3H3;1H2,2H3,(H,5,6);(H3,2,3,4). The van der Waals surface area contributed by atoms with Crippen LogP contribution in [0.15, 0.2) is 12.2 Å². The minimum absolute atomic E-state index is 0.176. The van der Waals surface area contributed by atoms with E-state index in [1.54, 1.807) is 0 Å². The Morgan fingerprint density at radius 2 is 1.55 bits per heavy atom. The van der Waals surface area contributed by atoms with Gasteiger partial charge in [0, 0.05) is 18.7 Å². The third-order valence-corrected chi connectivity index (χ3v) is 2.03. The second-order valence-electron chi connectivity index (χ2n) is 3.29. The highest BCUT2D eigenvalue weighted by Gasteiger charge is 2.03. The molecular formula is C12H24N2O4S2. The molecule has 20 heavy (non-hydrogen) atoms. The van der Waals surface area contributed by atoms with Gasteiger partial charge in [-0.3, -0.25) is 0 Å². The van der Waals surface area contributed by atoms with Crippen LogP contribution in [0.1, 0.15) is 27.7 Å². The molecule has 0 aromatic rings. The van der Waals surface area contributed by atoms with Crippen LogP contribution in [0.25, 0.3) is 0 Å². The van der Waals surface area contributed by atoms with Crippen molar-refractivity contribution in [3.8, 4) is 0 Å². The predicted molar refractivity (Wildman–Crippen MR) is 89.0 cm³/mol. The molecule has 8 heteroatoms. The number of carbonyl (C=O) groups is 1. The van der Waals surface area contributed by atoms with Gasteiger partial charge in [-0.05, 0) is 52.1 Å². The van der Waals surface area contributed by atoms with Crippen LogP contribution in [0.5, 0.6) is 0 Å². The summed E-state index contributed by atoms with van der Waals surface area (Å²) in [6.07, 6.45) is 0. The lowest BCUT2D eigenvalue weighted by Gasteiger charge is -2.20. The Hall–Kier alpha value is -1.41. The Labute approximate surface area is 131 Å². The van der Waals surface area contributed by atoms with E-state index in [-0.39, 0.29) is 5.57 Å². The molecule has 0 heterocycles. The third kappa shape index (κ3) is 21.8. The molecule has 0 aromatic heterocycles. The first-order valence-electron chi connectivity index (χ1n) is 5.92. The van der Waals surface area contributed by atoms with E-state index in [9.17, 15) is 4.79 Å². The molecule has 0 rings (SSSR count). The molecular weight excluding hydrogens is 300 g/mol. The summed E-state index contributed by atoms with van der Waals surface area (Å²) >= 11 is 8.85. The lowest BCUT2D eigenvalue weighted by Crippen LogP contribution is -2.30. The van der Waals surface area contributed by atoms with Gasteiger partial charge >= 0.3 is 5.97 Å². The molecule has 0 fully saturated rings. The fourth-order valence-electron chi connectivity index (χ4n) is 0.697. The van der Waals surface area contributed by atoms with Crippen LogP contribution in [-0.2, 0) is 9.53 Å². The van der Waals surface area contributed by atoms with E-state index in [4.69, 9.17) is 27.2 Å². The van der Waals surface area contributed by atoms with E-state index in [1.807, 2.05) is 11.8 Å². The first-order valence-corrected chi connectivity index (χ1v) is 6.74. The molecule has 0 saturated carbocycles. The van der Waals surface area contributed by atoms with Gasteiger partial charge in [0.1, 0.15) is 0 Å². The SMILES string of the molecule is C=C(C)C(=O)O.CCOC(=S)N(CC)CC.NC(O)=S. The van der Waals surface area contributed by atoms with Crippen LogP contribution in [0.3, 0.4) is 0 Å². The monoisotopic (exact) mass is 324 g/mol. The van der Waals surface area contributed by atoms with Gasteiger partial charge in [0.05, 0.1) is 6.61 Å². The topological polar surface area (TPSA) is 96.0 Å². The number of ether oxygens (including phenoxy) is 1. The van der Waals surface area contributed by atoms with Crippen LogP contribution in [0, 0.1) is 0 Å². The zero-order valence-corrected chi connectivity index (χ0v) is 14.0. The van der Waals surface area contributed by atoms with Gasteiger partial charge in [0.25, 0.3) is 10.3 Å². The minimum atomic E-state index is -0.935. The average Bonchev–Trinajstić information content (AvgIpc) is 2.30. The summed E-state index contributed by atoms with van der Waals surface area (Å²) < 4.78 is 5.14. The van der Waals surface area contributed by atoms with Crippen molar-refractivity contribution in [3.05, 3.63) is 12.2 Å². The highest BCUT2D eigenvalue weighted by molar-refractivity contribution is 7.80. The van der Waals surface area contributed by atoms with E-state index >= 15 is 0 Å². The van der Waals surface area contributed by atoms with Gasteiger partial charge in [-0.1, -0.05) is 6.58 Å². The molecule has 0 amide bonds. The number of carboxylic acid groups (broad SMARTS) is 1. The molecule has 0 aliphatic carbocycles. The quantitative estimate of drug-likeness (QED) is 0.534. The summed E-state index contributed by atoms with van der Waals surface area (Å²) in [5.41, 5.74) is 4.57. The lowest BCUT2D eigenvalue weighted by molar-refractivity contribution is -0.132. The van der Waals surface area contributed by atoms with Crippen LogP contribution in [-0.4, -0.2) is 51.1 Å². The van der Waals surface area contributed by atoms with E-state index in [2.05, 4.69) is 38.4 Å². The number of aliphatic carboxylic acids is 1. The maximum Gasteiger partial charge on any atom is 0.330 e. The number of carboxylic acids is 1. The van der Waals surface area contributed by atoms with Crippen LogP contribution in [0.4, 0.5) is 0 Å². The van der Waals surface area contributed by atoms with Gasteiger partial charge in [-0.25, -0.2) is 4.79 Å². The van der Waals surface area contributed by atoms with Gasteiger partial charge in [0.2, 0.25) is 0 Å². The molecule has 0 bridgehead atoms. The van der Waals surface area contributed by atoms with Crippen molar-refractivity contribution in [2.75, 3.05) is 19.7 Å².